The Morgan fingerprint density at radius 2 is 1.66 bits per heavy atom. The molecular formula is C30H25ClN4OS2. The average molecular weight is 557 g/mol. The van der Waals surface area contributed by atoms with Crippen LogP contribution in [0.3, 0.4) is 0 Å². The average Bonchev–Trinajstić information content (AvgIpc) is 3.32. The van der Waals surface area contributed by atoms with Crippen molar-refractivity contribution in [3.05, 3.63) is 125 Å². The van der Waals surface area contributed by atoms with E-state index in [9.17, 15) is 4.79 Å². The van der Waals surface area contributed by atoms with E-state index in [2.05, 4.69) is 51.2 Å². The molecule has 5 nitrogen and oxygen atoms in total. The Kier molecular flexibility index (Phi) is 7.40. The van der Waals surface area contributed by atoms with Gasteiger partial charge in [-0.3, -0.25) is 4.79 Å². The van der Waals surface area contributed by atoms with Crippen molar-refractivity contribution >= 4 is 46.7 Å². The Bertz CT molecular complexity index is 1500. The van der Waals surface area contributed by atoms with Crippen LogP contribution in [0, 0.1) is 0 Å². The Morgan fingerprint density at radius 3 is 2.50 bits per heavy atom. The number of nitrogens with zero attached hydrogens (tertiary/aromatic N) is 4. The first-order valence-corrected chi connectivity index (χ1v) is 14.7. The van der Waals surface area contributed by atoms with Crippen LogP contribution in [-0.2, 0) is 17.8 Å². The van der Waals surface area contributed by atoms with Crippen molar-refractivity contribution in [1.29, 1.82) is 0 Å². The van der Waals surface area contributed by atoms with Crippen molar-refractivity contribution < 1.29 is 4.79 Å². The number of fused-ring (bicyclic) bond motifs is 2. The first-order chi connectivity index (χ1) is 18.7. The maximum Gasteiger partial charge on any atom is 0.238 e. The molecule has 2 atom stereocenters. The van der Waals surface area contributed by atoms with E-state index in [1.807, 2.05) is 83.4 Å². The van der Waals surface area contributed by atoms with Gasteiger partial charge in [-0.05, 0) is 35.4 Å². The number of anilines is 1. The molecule has 0 bridgehead atoms. The van der Waals surface area contributed by atoms with E-state index in [-0.39, 0.29) is 23.0 Å². The SMILES string of the molecule is O=C(CSc1nnc(Cc2ccccc2)n1Cc1ccc(Cl)cc1)N1c2ccccc2S[C@@H]2C=CC=C[C@@H]21. The Morgan fingerprint density at radius 1 is 0.895 bits per heavy atom. The highest BCUT2D eigenvalue weighted by molar-refractivity contribution is 8.00. The number of halogens is 1. The zero-order chi connectivity index (χ0) is 25.9. The Balaban J connectivity index is 1.26. The van der Waals surface area contributed by atoms with Crippen LogP contribution in [0.25, 0.3) is 0 Å². The fourth-order valence-electron chi connectivity index (χ4n) is 4.74. The van der Waals surface area contributed by atoms with Gasteiger partial charge in [-0.25, -0.2) is 0 Å². The largest absolute Gasteiger partial charge is 0.302 e. The molecule has 2 aliphatic rings. The molecule has 0 saturated heterocycles. The van der Waals surface area contributed by atoms with Crippen LogP contribution in [0.2, 0.25) is 5.02 Å². The summed E-state index contributed by atoms with van der Waals surface area (Å²) in [6.45, 7) is 0.601. The second kappa shape index (κ2) is 11.2. The summed E-state index contributed by atoms with van der Waals surface area (Å²) in [7, 11) is 0. The number of aromatic nitrogens is 3. The zero-order valence-electron chi connectivity index (χ0n) is 20.5. The van der Waals surface area contributed by atoms with Crippen molar-refractivity contribution in [1.82, 2.24) is 14.8 Å². The van der Waals surface area contributed by atoms with Crippen molar-refractivity contribution in [2.24, 2.45) is 0 Å². The summed E-state index contributed by atoms with van der Waals surface area (Å²) in [6, 6.07) is 26.2. The van der Waals surface area contributed by atoms with Crippen LogP contribution in [0.5, 0.6) is 0 Å². The summed E-state index contributed by atoms with van der Waals surface area (Å²) in [4.78, 5) is 16.8. The van der Waals surface area contributed by atoms with Crippen LogP contribution in [0.1, 0.15) is 17.0 Å². The minimum Gasteiger partial charge on any atom is -0.302 e. The number of para-hydroxylation sites is 1. The predicted molar refractivity (Wildman–Crippen MR) is 156 cm³/mol. The summed E-state index contributed by atoms with van der Waals surface area (Å²) in [6.07, 6.45) is 9.05. The molecule has 1 amide bonds. The van der Waals surface area contributed by atoms with Crippen molar-refractivity contribution in [3.8, 4) is 0 Å². The number of thioether (sulfide) groups is 2. The number of hydrogen-bond acceptors (Lipinski definition) is 5. The lowest BCUT2D eigenvalue weighted by Gasteiger charge is -2.40. The summed E-state index contributed by atoms with van der Waals surface area (Å²) in [5.41, 5.74) is 3.23. The molecule has 3 aromatic carbocycles. The van der Waals surface area contributed by atoms with Gasteiger partial charge in [0.05, 0.1) is 29.3 Å². The molecule has 0 radical (unpaired) electrons. The summed E-state index contributed by atoms with van der Waals surface area (Å²) >= 11 is 9.37. The number of carbonyl (C=O) groups is 1. The molecule has 2 heterocycles. The van der Waals surface area contributed by atoms with E-state index in [0.29, 0.717) is 18.0 Å². The van der Waals surface area contributed by atoms with Crippen molar-refractivity contribution in [3.63, 3.8) is 0 Å². The molecule has 4 aromatic rings. The van der Waals surface area contributed by atoms with E-state index >= 15 is 0 Å². The quantitative estimate of drug-likeness (QED) is 0.238. The minimum atomic E-state index is -0.00595. The molecule has 1 aromatic heterocycles. The fraction of sp³-hybridized carbons (Fsp3) is 0.167. The maximum atomic E-state index is 13.8. The van der Waals surface area contributed by atoms with E-state index in [1.165, 1.54) is 11.8 Å². The molecule has 1 aliphatic heterocycles. The van der Waals surface area contributed by atoms with Crippen molar-refractivity contribution in [2.45, 2.75) is 34.3 Å². The molecule has 0 saturated carbocycles. The molecule has 0 unspecified atom stereocenters. The van der Waals surface area contributed by atoms with E-state index in [0.717, 1.165) is 32.7 Å². The van der Waals surface area contributed by atoms with Gasteiger partial charge in [-0.2, -0.15) is 0 Å². The summed E-state index contributed by atoms with van der Waals surface area (Å²) in [5.74, 6) is 1.19. The van der Waals surface area contributed by atoms with E-state index in [1.54, 1.807) is 0 Å². The fourth-order valence-corrected chi connectivity index (χ4v) is 6.94. The van der Waals surface area contributed by atoms with Gasteiger partial charge in [0.25, 0.3) is 0 Å². The molecule has 0 fully saturated rings. The molecule has 38 heavy (non-hydrogen) atoms. The van der Waals surface area contributed by atoms with Crippen molar-refractivity contribution in [2.75, 3.05) is 10.7 Å². The third-order valence-electron chi connectivity index (χ3n) is 6.59. The lowest BCUT2D eigenvalue weighted by Crippen LogP contribution is -2.48. The molecule has 190 valence electrons. The van der Waals surface area contributed by atoms with Gasteiger partial charge in [-0.1, -0.05) is 102 Å². The zero-order valence-corrected chi connectivity index (χ0v) is 22.9. The monoisotopic (exact) mass is 556 g/mol. The van der Waals surface area contributed by atoms with Gasteiger partial charge >= 0.3 is 0 Å². The number of amides is 1. The molecular weight excluding hydrogens is 532 g/mol. The Hall–Kier alpha value is -3.26. The normalized spacial score (nSPS) is 17.8. The van der Waals surface area contributed by atoms with Crippen LogP contribution in [-0.4, -0.2) is 37.7 Å². The Labute approximate surface area is 235 Å². The second-order valence-corrected chi connectivity index (χ2v) is 11.7. The molecule has 0 spiro atoms. The van der Waals surface area contributed by atoms with Crippen LogP contribution < -0.4 is 4.90 Å². The molecule has 0 N–H and O–H groups in total. The molecule has 6 rings (SSSR count). The van der Waals surface area contributed by atoms with Crippen LogP contribution in [0.4, 0.5) is 5.69 Å². The smallest absolute Gasteiger partial charge is 0.238 e. The molecule has 1 aliphatic carbocycles. The highest BCUT2D eigenvalue weighted by Gasteiger charge is 2.36. The number of carbonyl (C=O) groups excluding carboxylic acids is 1. The van der Waals surface area contributed by atoms with Crippen LogP contribution >= 0.6 is 35.1 Å². The van der Waals surface area contributed by atoms with Gasteiger partial charge in [0.1, 0.15) is 5.82 Å². The predicted octanol–water partition coefficient (Wildman–Crippen LogP) is 6.66. The van der Waals surface area contributed by atoms with Gasteiger partial charge in [0.15, 0.2) is 5.16 Å². The van der Waals surface area contributed by atoms with Gasteiger partial charge < -0.3 is 9.47 Å². The highest BCUT2D eigenvalue weighted by Crippen LogP contribution is 2.43. The second-order valence-electron chi connectivity index (χ2n) is 9.14. The number of benzene rings is 3. The molecule has 8 heteroatoms. The van der Waals surface area contributed by atoms with E-state index in [4.69, 9.17) is 11.6 Å². The first-order valence-electron chi connectivity index (χ1n) is 12.4. The first kappa shape index (κ1) is 25.0. The summed E-state index contributed by atoms with van der Waals surface area (Å²) < 4.78 is 2.11. The lowest BCUT2D eigenvalue weighted by atomic mass is 10.0. The third-order valence-corrected chi connectivity index (χ3v) is 9.10. The van der Waals surface area contributed by atoms with Gasteiger partial charge in [-0.15, -0.1) is 22.0 Å². The lowest BCUT2D eigenvalue weighted by molar-refractivity contribution is -0.116. The topological polar surface area (TPSA) is 51.0 Å². The maximum absolute atomic E-state index is 13.8. The van der Waals surface area contributed by atoms with E-state index < -0.39 is 0 Å². The number of hydrogen-bond donors (Lipinski definition) is 0. The highest BCUT2D eigenvalue weighted by atomic mass is 35.5. The summed E-state index contributed by atoms with van der Waals surface area (Å²) in [5, 5.41) is 10.7. The number of rotatable bonds is 7. The van der Waals surface area contributed by atoms with Gasteiger partial charge in [0, 0.05) is 16.3 Å². The standard InChI is InChI=1S/C30H25ClN4OS2/c31-23-16-14-22(15-17-23)19-34-28(18-21-8-2-1-3-9-21)32-33-30(34)37-20-29(36)35-24-10-4-6-12-26(24)38-27-13-7-5-11-25(27)35/h1-17,24,26H,18-20H2/t24-,26+/m0/s1. The minimum absolute atomic E-state index is 0.00595. The number of allylic oxidation sites excluding steroid dienone is 2. The third kappa shape index (κ3) is 5.32. The van der Waals surface area contributed by atoms with Gasteiger partial charge in [0.2, 0.25) is 5.91 Å². The van der Waals surface area contributed by atoms with Crippen LogP contribution in [0.15, 0.2) is 113 Å².